The van der Waals surface area contributed by atoms with E-state index in [0.29, 0.717) is 22.8 Å². The molecule has 0 amide bonds. The van der Waals surface area contributed by atoms with Crippen molar-refractivity contribution in [2.24, 2.45) is 0 Å². The van der Waals surface area contributed by atoms with E-state index in [1.165, 1.54) is 7.11 Å². The number of nitrogens with zero attached hydrogens (tertiary/aromatic N) is 1. The zero-order valence-electron chi connectivity index (χ0n) is 11.7. The van der Waals surface area contributed by atoms with Crippen molar-refractivity contribution in [2.75, 3.05) is 14.2 Å². The second-order valence-electron chi connectivity index (χ2n) is 4.51. The summed E-state index contributed by atoms with van der Waals surface area (Å²) in [5.74, 6) is 1.02. The first kappa shape index (κ1) is 13.2. The van der Waals surface area contributed by atoms with Gasteiger partial charge in [-0.3, -0.25) is 9.89 Å². The standard InChI is InChI=1S/C16H14N2O3/c1-20-10-7-8-13-12(9-10)15(18-17-13)16(19)11-5-3-4-6-14(11)21-2/h3-9H,1-2H3,(H,17,18). The van der Waals surface area contributed by atoms with Crippen LogP contribution in [0.1, 0.15) is 16.1 Å². The van der Waals surface area contributed by atoms with Crippen LogP contribution in [0.25, 0.3) is 10.9 Å². The molecule has 21 heavy (non-hydrogen) atoms. The van der Waals surface area contributed by atoms with Gasteiger partial charge in [-0.2, -0.15) is 5.10 Å². The third-order valence-electron chi connectivity index (χ3n) is 3.34. The summed E-state index contributed by atoms with van der Waals surface area (Å²) in [5, 5.41) is 7.72. The molecule has 0 aliphatic carbocycles. The third kappa shape index (κ3) is 2.23. The van der Waals surface area contributed by atoms with E-state index in [1.54, 1.807) is 31.4 Å². The second-order valence-corrected chi connectivity index (χ2v) is 4.51. The first-order chi connectivity index (χ1) is 10.2. The van der Waals surface area contributed by atoms with Gasteiger partial charge in [0, 0.05) is 5.39 Å². The highest BCUT2D eigenvalue weighted by atomic mass is 16.5. The van der Waals surface area contributed by atoms with E-state index >= 15 is 0 Å². The van der Waals surface area contributed by atoms with E-state index in [1.807, 2.05) is 18.2 Å². The van der Waals surface area contributed by atoms with Gasteiger partial charge in [0.1, 0.15) is 17.2 Å². The number of carbonyl (C=O) groups is 1. The van der Waals surface area contributed by atoms with Crippen molar-refractivity contribution < 1.29 is 14.3 Å². The predicted molar refractivity (Wildman–Crippen MR) is 79.1 cm³/mol. The van der Waals surface area contributed by atoms with Gasteiger partial charge >= 0.3 is 0 Å². The average Bonchev–Trinajstić information content (AvgIpc) is 2.97. The topological polar surface area (TPSA) is 64.2 Å². The first-order valence-corrected chi connectivity index (χ1v) is 6.44. The van der Waals surface area contributed by atoms with Crippen molar-refractivity contribution in [3.05, 3.63) is 53.7 Å². The maximum atomic E-state index is 12.7. The molecular formula is C16H14N2O3. The monoisotopic (exact) mass is 282 g/mol. The lowest BCUT2D eigenvalue weighted by molar-refractivity contribution is 0.103. The Balaban J connectivity index is 2.13. The molecule has 1 heterocycles. The van der Waals surface area contributed by atoms with Crippen molar-refractivity contribution in [3.63, 3.8) is 0 Å². The lowest BCUT2D eigenvalue weighted by atomic mass is 10.0. The minimum absolute atomic E-state index is 0.188. The van der Waals surface area contributed by atoms with Gasteiger partial charge in [-0.15, -0.1) is 0 Å². The normalized spacial score (nSPS) is 10.6. The van der Waals surface area contributed by atoms with Crippen LogP contribution in [0.15, 0.2) is 42.5 Å². The summed E-state index contributed by atoms with van der Waals surface area (Å²) in [6.45, 7) is 0. The summed E-state index contributed by atoms with van der Waals surface area (Å²) in [5.41, 5.74) is 1.62. The van der Waals surface area contributed by atoms with Crippen LogP contribution >= 0.6 is 0 Å². The molecule has 0 radical (unpaired) electrons. The Morgan fingerprint density at radius 2 is 1.90 bits per heavy atom. The molecule has 0 unspecified atom stereocenters. The largest absolute Gasteiger partial charge is 0.497 e. The van der Waals surface area contributed by atoms with Crippen LogP contribution in [0.2, 0.25) is 0 Å². The molecule has 1 aromatic heterocycles. The SMILES string of the molecule is COc1ccc2[nH]nc(C(=O)c3ccccc3OC)c2c1. The average molecular weight is 282 g/mol. The van der Waals surface area contributed by atoms with Gasteiger partial charge in [-0.05, 0) is 30.3 Å². The smallest absolute Gasteiger partial charge is 0.217 e. The van der Waals surface area contributed by atoms with Gasteiger partial charge in [0.25, 0.3) is 0 Å². The number of nitrogens with one attached hydrogen (secondary N) is 1. The molecule has 0 aliphatic heterocycles. The van der Waals surface area contributed by atoms with E-state index < -0.39 is 0 Å². The molecule has 2 aromatic carbocycles. The number of hydrogen-bond donors (Lipinski definition) is 1. The van der Waals surface area contributed by atoms with E-state index in [2.05, 4.69) is 10.2 Å². The minimum atomic E-state index is -0.188. The summed E-state index contributed by atoms with van der Waals surface area (Å²) in [6.07, 6.45) is 0. The molecule has 106 valence electrons. The number of rotatable bonds is 4. The Labute approximate surface area is 121 Å². The Kier molecular flexibility index (Phi) is 3.31. The number of para-hydroxylation sites is 1. The van der Waals surface area contributed by atoms with E-state index in [0.717, 1.165) is 10.9 Å². The van der Waals surface area contributed by atoms with Crippen molar-refractivity contribution >= 4 is 16.7 Å². The van der Waals surface area contributed by atoms with Crippen molar-refractivity contribution in [2.45, 2.75) is 0 Å². The Bertz CT molecular complexity index is 808. The number of ketones is 1. The summed E-state index contributed by atoms with van der Waals surface area (Å²) in [4.78, 5) is 12.7. The van der Waals surface area contributed by atoms with E-state index in [9.17, 15) is 4.79 Å². The zero-order valence-corrected chi connectivity index (χ0v) is 11.7. The molecule has 0 spiro atoms. The fourth-order valence-electron chi connectivity index (χ4n) is 2.25. The maximum absolute atomic E-state index is 12.7. The molecule has 0 saturated carbocycles. The van der Waals surface area contributed by atoms with Crippen LogP contribution < -0.4 is 9.47 Å². The molecular weight excluding hydrogens is 268 g/mol. The van der Waals surface area contributed by atoms with Crippen LogP contribution in [0.4, 0.5) is 0 Å². The molecule has 5 heteroatoms. The van der Waals surface area contributed by atoms with Gasteiger partial charge in [0.15, 0.2) is 0 Å². The molecule has 0 fully saturated rings. The van der Waals surface area contributed by atoms with Crippen LogP contribution in [0.3, 0.4) is 0 Å². The fourth-order valence-corrected chi connectivity index (χ4v) is 2.25. The van der Waals surface area contributed by atoms with Crippen LogP contribution in [-0.2, 0) is 0 Å². The molecule has 0 atom stereocenters. The summed E-state index contributed by atoms with van der Waals surface area (Å²) < 4.78 is 10.4. The minimum Gasteiger partial charge on any atom is -0.497 e. The third-order valence-corrected chi connectivity index (χ3v) is 3.34. The highest BCUT2D eigenvalue weighted by Gasteiger charge is 2.19. The summed E-state index contributed by atoms with van der Waals surface area (Å²) >= 11 is 0. The van der Waals surface area contributed by atoms with Gasteiger partial charge in [-0.1, -0.05) is 12.1 Å². The lowest BCUT2D eigenvalue weighted by Crippen LogP contribution is -2.04. The molecule has 0 aliphatic rings. The molecule has 5 nitrogen and oxygen atoms in total. The number of benzene rings is 2. The zero-order chi connectivity index (χ0) is 14.8. The van der Waals surface area contributed by atoms with Gasteiger partial charge in [0.2, 0.25) is 5.78 Å². The Morgan fingerprint density at radius 3 is 2.67 bits per heavy atom. The summed E-state index contributed by atoms with van der Waals surface area (Å²) in [6, 6.07) is 12.5. The number of carbonyl (C=O) groups excluding carboxylic acids is 1. The molecule has 0 bridgehead atoms. The number of H-pyrrole nitrogens is 1. The Morgan fingerprint density at radius 1 is 1.10 bits per heavy atom. The van der Waals surface area contributed by atoms with Crippen LogP contribution in [0, 0.1) is 0 Å². The Hall–Kier alpha value is -2.82. The fraction of sp³-hybridized carbons (Fsp3) is 0.125. The quantitative estimate of drug-likeness (QED) is 0.747. The van der Waals surface area contributed by atoms with E-state index in [-0.39, 0.29) is 5.78 Å². The van der Waals surface area contributed by atoms with Crippen molar-refractivity contribution in [3.8, 4) is 11.5 Å². The molecule has 3 aromatic rings. The van der Waals surface area contributed by atoms with Crippen LogP contribution in [-0.4, -0.2) is 30.2 Å². The number of methoxy groups -OCH3 is 2. The molecule has 3 rings (SSSR count). The highest BCUT2D eigenvalue weighted by Crippen LogP contribution is 2.26. The van der Waals surface area contributed by atoms with Crippen molar-refractivity contribution in [1.82, 2.24) is 10.2 Å². The van der Waals surface area contributed by atoms with Crippen LogP contribution in [0.5, 0.6) is 11.5 Å². The summed E-state index contributed by atoms with van der Waals surface area (Å²) in [7, 11) is 3.13. The highest BCUT2D eigenvalue weighted by molar-refractivity contribution is 6.16. The second kappa shape index (κ2) is 5.28. The lowest BCUT2D eigenvalue weighted by Gasteiger charge is -2.06. The number of aromatic amines is 1. The molecule has 0 saturated heterocycles. The molecule has 1 N–H and O–H groups in total. The van der Waals surface area contributed by atoms with E-state index in [4.69, 9.17) is 9.47 Å². The van der Waals surface area contributed by atoms with Gasteiger partial charge in [0.05, 0.1) is 25.3 Å². The maximum Gasteiger partial charge on any atom is 0.217 e. The number of ether oxygens (including phenoxy) is 2. The predicted octanol–water partition coefficient (Wildman–Crippen LogP) is 2.81. The number of hydrogen-bond acceptors (Lipinski definition) is 4. The number of aromatic nitrogens is 2. The first-order valence-electron chi connectivity index (χ1n) is 6.44. The number of fused-ring (bicyclic) bond motifs is 1. The van der Waals surface area contributed by atoms with Crippen molar-refractivity contribution in [1.29, 1.82) is 0 Å². The van der Waals surface area contributed by atoms with Gasteiger partial charge in [-0.25, -0.2) is 0 Å². The van der Waals surface area contributed by atoms with Gasteiger partial charge < -0.3 is 9.47 Å².